The van der Waals surface area contributed by atoms with E-state index in [9.17, 15) is 0 Å². The quantitative estimate of drug-likeness (QED) is 0.890. The summed E-state index contributed by atoms with van der Waals surface area (Å²) in [5.41, 5.74) is 1.03. The largest absolute Gasteiger partial charge is 0.381 e. The first kappa shape index (κ1) is 12.2. The number of anilines is 1. The predicted octanol–water partition coefficient (Wildman–Crippen LogP) is 3.16. The molecule has 3 nitrogen and oxygen atoms in total. The number of fused-ring (bicyclic) bond motifs is 2. The number of halogens is 1. The summed E-state index contributed by atoms with van der Waals surface area (Å²) in [5.74, 6) is 0. The Morgan fingerprint density at radius 1 is 1.33 bits per heavy atom. The number of aromatic nitrogens is 1. The Morgan fingerprint density at radius 3 is 2.72 bits per heavy atom. The van der Waals surface area contributed by atoms with Crippen LogP contribution < -0.4 is 5.32 Å². The molecule has 0 aliphatic carbocycles. The maximum atomic E-state index is 6.16. The maximum absolute atomic E-state index is 6.16. The molecule has 0 amide bonds. The molecule has 2 atom stereocenters. The van der Waals surface area contributed by atoms with Gasteiger partial charge < -0.3 is 10.2 Å². The van der Waals surface area contributed by atoms with Gasteiger partial charge in [-0.3, -0.25) is 4.98 Å². The maximum Gasteiger partial charge on any atom is 0.0820 e. The molecule has 1 N–H and O–H groups in total. The monoisotopic (exact) mass is 265 g/mol. The summed E-state index contributed by atoms with van der Waals surface area (Å²) in [6.45, 7) is 0. The average molecular weight is 266 g/mol. The highest BCUT2D eigenvalue weighted by atomic mass is 35.5. The van der Waals surface area contributed by atoms with Crippen molar-refractivity contribution in [3.63, 3.8) is 0 Å². The van der Waals surface area contributed by atoms with E-state index in [1.807, 2.05) is 6.07 Å². The highest BCUT2D eigenvalue weighted by Gasteiger charge is 2.35. The van der Waals surface area contributed by atoms with Crippen LogP contribution in [0.25, 0.3) is 0 Å². The van der Waals surface area contributed by atoms with Crippen molar-refractivity contribution < 1.29 is 0 Å². The highest BCUT2D eigenvalue weighted by Crippen LogP contribution is 2.34. The number of hydrogen-bond donors (Lipinski definition) is 1. The lowest BCUT2D eigenvalue weighted by molar-refractivity contribution is 0.0608. The van der Waals surface area contributed by atoms with Crippen molar-refractivity contribution in [1.29, 1.82) is 0 Å². The topological polar surface area (TPSA) is 28.2 Å². The van der Waals surface area contributed by atoms with Crippen molar-refractivity contribution in [2.75, 3.05) is 12.4 Å². The third-order valence-electron chi connectivity index (χ3n) is 4.47. The standard InChI is InChI=1S/C14H20ClN3/c1-18-11-3-2-4-12(18)8-10(7-11)17-14-5-6-16-9-13(14)15/h5-6,9-12H,2-4,7-8H2,1H3,(H,16,17). The molecular formula is C14H20ClN3. The van der Waals surface area contributed by atoms with Crippen molar-refractivity contribution in [3.8, 4) is 0 Å². The summed E-state index contributed by atoms with van der Waals surface area (Å²) in [6.07, 6.45) is 10.0. The third kappa shape index (κ3) is 2.34. The van der Waals surface area contributed by atoms with Gasteiger partial charge in [-0.05, 0) is 38.8 Å². The van der Waals surface area contributed by atoms with E-state index in [0.717, 1.165) is 22.8 Å². The van der Waals surface area contributed by atoms with Gasteiger partial charge >= 0.3 is 0 Å². The molecule has 2 bridgehead atoms. The number of nitrogens with zero attached hydrogens (tertiary/aromatic N) is 2. The first-order chi connectivity index (χ1) is 8.74. The van der Waals surface area contributed by atoms with Crippen molar-refractivity contribution in [3.05, 3.63) is 23.5 Å². The van der Waals surface area contributed by atoms with Crippen LogP contribution in [-0.2, 0) is 0 Å². The van der Waals surface area contributed by atoms with Gasteiger partial charge in [0, 0.05) is 30.5 Å². The smallest absolute Gasteiger partial charge is 0.0820 e. The van der Waals surface area contributed by atoms with Gasteiger partial charge in [0.05, 0.1) is 10.7 Å². The van der Waals surface area contributed by atoms with Crippen molar-refractivity contribution in [2.24, 2.45) is 0 Å². The minimum atomic E-state index is 0.552. The van der Waals surface area contributed by atoms with Gasteiger partial charge in [0.2, 0.25) is 0 Å². The lowest BCUT2D eigenvalue weighted by Crippen LogP contribution is -2.52. The normalized spacial score (nSPS) is 32.2. The molecule has 2 aliphatic heterocycles. The van der Waals surface area contributed by atoms with Crippen LogP contribution in [0.3, 0.4) is 0 Å². The summed E-state index contributed by atoms with van der Waals surface area (Å²) in [7, 11) is 2.28. The second kappa shape index (κ2) is 5.06. The molecule has 3 rings (SSSR count). The molecule has 2 aliphatic rings. The minimum absolute atomic E-state index is 0.552. The van der Waals surface area contributed by atoms with Crippen LogP contribution in [0, 0.1) is 0 Å². The van der Waals surface area contributed by atoms with Crippen molar-refractivity contribution in [2.45, 2.75) is 50.2 Å². The van der Waals surface area contributed by atoms with Gasteiger partial charge in [-0.25, -0.2) is 0 Å². The van der Waals surface area contributed by atoms with Gasteiger partial charge in [0.15, 0.2) is 0 Å². The SMILES string of the molecule is CN1C2CCCC1CC(Nc1ccncc1Cl)C2. The van der Waals surface area contributed by atoms with E-state index in [1.165, 1.54) is 32.1 Å². The van der Waals surface area contributed by atoms with Gasteiger partial charge in [-0.2, -0.15) is 0 Å². The number of piperidine rings is 2. The molecule has 2 fully saturated rings. The Bertz CT molecular complexity index is 409. The van der Waals surface area contributed by atoms with E-state index in [4.69, 9.17) is 11.6 Å². The first-order valence-corrected chi connectivity index (χ1v) is 7.20. The minimum Gasteiger partial charge on any atom is -0.381 e. The van der Waals surface area contributed by atoms with Crippen LogP contribution in [0.1, 0.15) is 32.1 Å². The van der Waals surface area contributed by atoms with Crippen molar-refractivity contribution >= 4 is 17.3 Å². The Hall–Kier alpha value is -0.800. The Kier molecular flexibility index (Phi) is 3.44. The van der Waals surface area contributed by atoms with Gasteiger partial charge in [-0.1, -0.05) is 18.0 Å². The zero-order valence-corrected chi connectivity index (χ0v) is 11.5. The molecule has 98 valence electrons. The molecule has 18 heavy (non-hydrogen) atoms. The van der Waals surface area contributed by atoms with Crippen LogP contribution >= 0.6 is 11.6 Å². The molecule has 0 spiro atoms. The molecule has 3 heterocycles. The second-order valence-electron chi connectivity index (χ2n) is 5.57. The van der Waals surface area contributed by atoms with Gasteiger partial charge in [0.1, 0.15) is 0 Å². The molecule has 2 unspecified atom stereocenters. The van der Waals surface area contributed by atoms with Gasteiger partial charge in [-0.15, -0.1) is 0 Å². The predicted molar refractivity (Wildman–Crippen MR) is 75.1 cm³/mol. The molecular weight excluding hydrogens is 246 g/mol. The first-order valence-electron chi connectivity index (χ1n) is 6.82. The van der Waals surface area contributed by atoms with E-state index in [2.05, 4.69) is 22.2 Å². The molecule has 2 saturated heterocycles. The Morgan fingerprint density at radius 2 is 2.06 bits per heavy atom. The average Bonchev–Trinajstić information content (AvgIpc) is 2.33. The molecule has 0 saturated carbocycles. The Labute approximate surface area is 114 Å². The van der Waals surface area contributed by atoms with Crippen LogP contribution in [0.5, 0.6) is 0 Å². The van der Waals surface area contributed by atoms with Crippen LogP contribution in [-0.4, -0.2) is 35.1 Å². The fraction of sp³-hybridized carbons (Fsp3) is 0.643. The lowest BCUT2D eigenvalue weighted by atomic mass is 9.82. The number of pyridine rings is 1. The summed E-state index contributed by atoms with van der Waals surface area (Å²) >= 11 is 6.16. The summed E-state index contributed by atoms with van der Waals surface area (Å²) in [5, 5.41) is 4.32. The summed E-state index contributed by atoms with van der Waals surface area (Å²) in [6, 6.07) is 4.01. The molecule has 1 aromatic rings. The van der Waals surface area contributed by atoms with Crippen LogP contribution in [0.15, 0.2) is 18.5 Å². The van der Waals surface area contributed by atoms with Crippen LogP contribution in [0.4, 0.5) is 5.69 Å². The zero-order valence-electron chi connectivity index (χ0n) is 10.8. The lowest BCUT2D eigenvalue weighted by Gasteiger charge is -2.47. The number of rotatable bonds is 2. The molecule has 0 aromatic carbocycles. The third-order valence-corrected chi connectivity index (χ3v) is 4.77. The Balaban J connectivity index is 1.70. The summed E-state index contributed by atoms with van der Waals surface area (Å²) in [4.78, 5) is 6.61. The van der Waals surface area contributed by atoms with Crippen LogP contribution in [0.2, 0.25) is 5.02 Å². The highest BCUT2D eigenvalue weighted by molar-refractivity contribution is 6.33. The molecule has 1 aromatic heterocycles. The molecule has 0 radical (unpaired) electrons. The number of hydrogen-bond acceptors (Lipinski definition) is 3. The molecule has 4 heteroatoms. The van der Waals surface area contributed by atoms with E-state index in [-0.39, 0.29) is 0 Å². The van der Waals surface area contributed by atoms with E-state index >= 15 is 0 Å². The van der Waals surface area contributed by atoms with E-state index < -0.39 is 0 Å². The second-order valence-corrected chi connectivity index (χ2v) is 5.98. The van der Waals surface area contributed by atoms with Crippen molar-refractivity contribution in [1.82, 2.24) is 9.88 Å². The zero-order chi connectivity index (χ0) is 12.5. The van der Waals surface area contributed by atoms with E-state index in [1.54, 1.807) is 12.4 Å². The van der Waals surface area contributed by atoms with E-state index in [0.29, 0.717) is 6.04 Å². The number of nitrogens with one attached hydrogen (secondary N) is 1. The van der Waals surface area contributed by atoms with Gasteiger partial charge in [0.25, 0.3) is 0 Å². The fourth-order valence-electron chi connectivity index (χ4n) is 3.45. The fourth-order valence-corrected chi connectivity index (χ4v) is 3.62. The summed E-state index contributed by atoms with van der Waals surface area (Å²) < 4.78 is 0.